The summed E-state index contributed by atoms with van der Waals surface area (Å²) in [5, 5.41) is 7.46. The molecule has 2 amide bonds. The lowest BCUT2D eigenvalue weighted by molar-refractivity contribution is 0.0697. The first kappa shape index (κ1) is 19.4. The van der Waals surface area contributed by atoms with Gasteiger partial charge in [0.2, 0.25) is 0 Å². The van der Waals surface area contributed by atoms with Crippen molar-refractivity contribution in [3.05, 3.63) is 70.3 Å². The Kier molecular flexibility index (Phi) is 5.53. The van der Waals surface area contributed by atoms with Crippen LogP contribution in [0.5, 0.6) is 0 Å². The van der Waals surface area contributed by atoms with Crippen molar-refractivity contribution in [2.45, 2.75) is 25.8 Å². The number of amides is 2. The highest BCUT2D eigenvalue weighted by atomic mass is 79.9. The summed E-state index contributed by atoms with van der Waals surface area (Å²) in [5.74, 6) is -0.166. The second-order valence-corrected chi connectivity index (χ2v) is 8.00. The van der Waals surface area contributed by atoms with E-state index in [1.54, 1.807) is 21.8 Å². The van der Waals surface area contributed by atoms with Crippen molar-refractivity contribution in [1.29, 1.82) is 0 Å². The van der Waals surface area contributed by atoms with E-state index in [-0.39, 0.29) is 17.9 Å². The molecule has 1 aliphatic rings. The minimum absolute atomic E-state index is 0.0323. The molecule has 0 spiro atoms. The molecule has 4 rings (SSSR count). The summed E-state index contributed by atoms with van der Waals surface area (Å²) in [6.07, 6.45) is 5.99. The first-order chi connectivity index (χ1) is 14.0. The van der Waals surface area contributed by atoms with Crippen LogP contribution in [0.1, 0.15) is 39.3 Å². The number of carbonyl (C=O) groups is 2. The van der Waals surface area contributed by atoms with Crippen LogP contribution >= 0.6 is 15.9 Å². The van der Waals surface area contributed by atoms with E-state index in [2.05, 4.69) is 26.3 Å². The molecule has 150 valence electrons. The van der Waals surface area contributed by atoms with Crippen LogP contribution in [0, 0.1) is 6.92 Å². The van der Waals surface area contributed by atoms with E-state index in [1.807, 2.05) is 31.2 Å². The zero-order valence-electron chi connectivity index (χ0n) is 16.0. The number of nitrogens with zero attached hydrogens (tertiary/aromatic N) is 3. The van der Waals surface area contributed by atoms with Gasteiger partial charge >= 0.3 is 0 Å². The second kappa shape index (κ2) is 8.24. The Morgan fingerprint density at radius 1 is 1.17 bits per heavy atom. The molecule has 3 aromatic rings. The van der Waals surface area contributed by atoms with Crippen LogP contribution in [0.15, 0.2) is 57.9 Å². The lowest BCUT2D eigenvalue weighted by atomic mass is 10.0. The second-order valence-electron chi connectivity index (χ2n) is 7.08. The maximum absolute atomic E-state index is 12.8. The zero-order valence-corrected chi connectivity index (χ0v) is 17.6. The van der Waals surface area contributed by atoms with Gasteiger partial charge in [-0.1, -0.05) is 15.9 Å². The molecule has 3 heterocycles. The summed E-state index contributed by atoms with van der Waals surface area (Å²) in [6, 6.07) is 9.47. The van der Waals surface area contributed by atoms with E-state index in [1.165, 1.54) is 12.5 Å². The summed E-state index contributed by atoms with van der Waals surface area (Å²) in [6.45, 7) is 3.09. The molecule has 29 heavy (non-hydrogen) atoms. The molecule has 1 aromatic carbocycles. The summed E-state index contributed by atoms with van der Waals surface area (Å²) in [5.41, 5.74) is 2.81. The molecule has 2 aromatic heterocycles. The fourth-order valence-corrected chi connectivity index (χ4v) is 3.80. The van der Waals surface area contributed by atoms with Gasteiger partial charge in [0.25, 0.3) is 11.8 Å². The van der Waals surface area contributed by atoms with E-state index >= 15 is 0 Å². The first-order valence-electron chi connectivity index (χ1n) is 9.46. The predicted octanol–water partition coefficient (Wildman–Crippen LogP) is 3.57. The van der Waals surface area contributed by atoms with Crippen molar-refractivity contribution >= 4 is 27.7 Å². The smallest absolute Gasteiger partial charge is 0.257 e. The Morgan fingerprint density at radius 3 is 2.55 bits per heavy atom. The third-order valence-corrected chi connectivity index (χ3v) is 5.74. The summed E-state index contributed by atoms with van der Waals surface area (Å²) in [7, 11) is 0. The minimum atomic E-state index is -0.134. The molecule has 1 saturated heterocycles. The predicted molar refractivity (Wildman–Crippen MR) is 111 cm³/mol. The lowest BCUT2D eigenvalue weighted by Crippen LogP contribution is -2.46. The monoisotopic (exact) mass is 456 g/mol. The number of nitrogens with one attached hydrogen (secondary N) is 1. The van der Waals surface area contributed by atoms with Crippen LogP contribution in [0.25, 0.3) is 5.69 Å². The van der Waals surface area contributed by atoms with Gasteiger partial charge in [0.15, 0.2) is 0 Å². The Bertz CT molecular complexity index is 1000. The van der Waals surface area contributed by atoms with E-state index in [4.69, 9.17) is 4.42 Å². The Balaban J connectivity index is 1.37. The average molecular weight is 457 g/mol. The molecule has 1 N–H and O–H groups in total. The SMILES string of the molecule is Cc1c(C(=O)NC2CCN(C(=O)c3ccoc3)CC2)cnn1-c1ccc(Br)cc1. The van der Waals surface area contributed by atoms with Gasteiger partial charge in [0.1, 0.15) is 6.26 Å². The van der Waals surface area contributed by atoms with Crippen LogP contribution in [0.2, 0.25) is 0 Å². The number of halogens is 1. The summed E-state index contributed by atoms with van der Waals surface area (Å²) in [4.78, 5) is 26.9. The fraction of sp³-hybridized carbons (Fsp3) is 0.286. The summed E-state index contributed by atoms with van der Waals surface area (Å²) >= 11 is 3.42. The minimum Gasteiger partial charge on any atom is -0.472 e. The Morgan fingerprint density at radius 2 is 1.90 bits per heavy atom. The van der Waals surface area contributed by atoms with Gasteiger partial charge in [-0.3, -0.25) is 9.59 Å². The number of benzene rings is 1. The highest BCUT2D eigenvalue weighted by Crippen LogP contribution is 2.19. The van der Waals surface area contributed by atoms with Crippen LogP contribution in [-0.2, 0) is 0 Å². The van der Waals surface area contributed by atoms with E-state index < -0.39 is 0 Å². The molecule has 0 unspecified atom stereocenters. The first-order valence-corrected chi connectivity index (χ1v) is 10.2. The van der Waals surface area contributed by atoms with E-state index in [9.17, 15) is 9.59 Å². The molecule has 0 bridgehead atoms. The maximum Gasteiger partial charge on any atom is 0.257 e. The normalized spacial score (nSPS) is 14.8. The Labute approximate surface area is 176 Å². The molecule has 0 aliphatic carbocycles. The summed E-state index contributed by atoms with van der Waals surface area (Å²) < 4.78 is 7.73. The van der Waals surface area contributed by atoms with Crippen molar-refractivity contribution in [2.24, 2.45) is 0 Å². The average Bonchev–Trinajstić information content (AvgIpc) is 3.39. The highest BCUT2D eigenvalue weighted by Gasteiger charge is 2.26. The number of rotatable bonds is 4. The van der Waals surface area contributed by atoms with Crippen molar-refractivity contribution in [3.63, 3.8) is 0 Å². The van der Waals surface area contributed by atoms with Crippen molar-refractivity contribution in [1.82, 2.24) is 20.0 Å². The molecular weight excluding hydrogens is 436 g/mol. The van der Waals surface area contributed by atoms with Crippen LogP contribution in [-0.4, -0.2) is 45.6 Å². The number of carbonyl (C=O) groups excluding carboxylic acids is 2. The molecular formula is C21H21BrN4O3. The number of hydrogen-bond acceptors (Lipinski definition) is 4. The number of piperidine rings is 1. The molecule has 1 fully saturated rings. The fourth-order valence-electron chi connectivity index (χ4n) is 3.53. The van der Waals surface area contributed by atoms with Crippen molar-refractivity contribution in [2.75, 3.05) is 13.1 Å². The number of likely N-dealkylation sites (tertiary alicyclic amines) is 1. The largest absolute Gasteiger partial charge is 0.472 e. The third-order valence-electron chi connectivity index (χ3n) is 5.21. The number of furan rings is 1. The topological polar surface area (TPSA) is 80.4 Å². The quantitative estimate of drug-likeness (QED) is 0.650. The standard InChI is InChI=1S/C21H21BrN4O3/c1-14-19(12-23-26(14)18-4-2-16(22)3-5-18)20(27)24-17-6-9-25(10-7-17)21(28)15-8-11-29-13-15/h2-5,8,11-13,17H,6-7,9-10H2,1H3,(H,24,27). The number of aromatic nitrogens is 2. The third kappa shape index (κ3) is 4.12. The molecule has 0 atom stereocenters. The van der Waals surface area contributed by atoms with Gasteiger partial charge in [0, 0.05) is 23.6 Å². The Hall–Kier alpha value is -2.87. The van der Waals surface area contributed by atoms with Gasteiger partial charge < -0.3 is 14.6 Å². The lowest BCUT2D eigenvalue weighted by Gasteiger charge is -2.32. The van der Waals surface area contributed by atoms with Gasteiger partial charge in [-0.05, 0) is 50.1 Å². The van der Waals surface area contributed by atoms with Gasteiger partial charge in [-0.15, -0.1) is 0 Å². The maximum atomic E-state index is 12.8. The zero-order chi connectivity index (χ0) is 20.4. The molecule has 0 radical (unpaired) electrons. The molecule has 8 heteroatoms. The highest BCUT2D eigenvalue weighted by molar-refractivity contribution is 9.10. The van der Waals surface area contributed by atoms with E-state index in [0.717, 1.165) is 28.7 Å². The van der Waals surface area contributed by atoms with Crippen molar-refractivity contribution < 1.29 is 14.0 Å². The molecule has 7 nitrogen and oxygen atoms in total. The van der Waals surface area contributed by atoms with Gasteiger partial charge in [-0.2, -0.15) is 5.10 Å². The molecule has 1 aliphatic heterocycles. The molecule has 0 saturated carbocycles. The van der Waals surface area contributed by atoms with Crippen LogP contribution in [0.3, 0.4) is 0 Å². The van der Waals surface area contributed by atoms with Gasteiger partial charge in [0.05, 0.1) is 35.0 Å². The van der Waals surface area contributed by atoms with Gasteiger partial charge in [-0.25, -0.2) is 4.68 Å². The van der Waals surface area contributed by atoms with E-state index in [0.29, 0.717) is 24.2 Å². The van der Waals surface area contributed by atoms with Crippen LogP contribution < -0.4 is 5.32 Å². The number of hydrogen-bond donors (Lipinski definition) is 1. The van der Waals surface area contributed by atoms with Crippen LogP contribution in [0.4, 0.5) is 0 Å². The van der Waals surface area contributed by atoms with Crippen molar-refractivity contribution in [3.8, 4) is 5.69 Å².